The molecule has 3 fully saturated rings. The molecule has 1 aromatic heterocycles. The van der Waals surface area contributed by atoms with Gasteiger partial charge in [-0.1, -0.05) is 19.1 Å². The van der Waals surface area contributed by atoms with E-state index >= 15 is 0 Å². The van der Waals surface area contributed by atoms with Gasteiger partial charge in [0, 0.05) is 5.92 Å². The van der Waals surface area contributed by atoms with Gasteiger partial charge < -0.3 is 25.6 Å². The van der Waals surface area contributed by atoms with E-state index in [1.165, 1.54) is 11.1 Å². The first-order chi connectivity index (χ1) is 16.2. The van der Waals surface area contributed by atoms with Crippen molar-refractivity contribution in [2.45, 2.75) is 82.0 Å². The van der Waals surface area contributed by atoms with Gasteiger partial charge in [-0.2, -0.15) is 0 Å². The topological polar surface area (TPSA) is 101 Å². The zero-order valence-electron chi connectivity index (χ0n) is 20.8. The minimum Gasteiger partial charge on any atom is -0.393 e. The van der Waals surface area contributed by atoms with Crippen molar-refractivity contribution in [1.29, 1.82) is 0 Å². The smallest absolute Gasteiger partial charge is 0.0972 e. The number of rotatable bonds is 1. The summed E-state index contributed by atoms with van der Waals surface area (Å²) in [5.41, 5.74) is 2.23. The molecule has 4 aliphatic rings. The Bertz CT molecular complexity index is 1070. The number of aromatic amines is 1. The van der Waals surface area contributed by atoms with Crippen molar-refractivity contribution < 1.29 is 15.3 Å². The number of imidazole rings is 1. The summed E-state index contributed by atoms with van der Waals surface area (Å²) in [6, 6.07) is 6.39. The van der Waals surface area contributed by atoms with Crippen molar-refractivity contribution in [3.05, 3.63) is 36.2 Å². The van der Waals surface area contributed by atoms with Crippen molar-refractivity contribution in [2.75, 3.05) is 14.1 Å². The molecule has 186 valence electrons. The largest absolute Gasteiger partial charge is 0.393 e. The first kappa shape index (κ1) is 24.0. The van der Waals surface area contributed by atoms with Crippen LogP contribution in [0.5, 0.6) is 0 Å². The normalized spacial score (nSPS) is 41.4. The number of hydrogen-bond donors (Lipinski definition) is 5. The first-order valence-corrected chi connectivity index (χ1v) is 13.1. The van der Waals surface area contributed by atoms with E-state index in [1.54, 1.807) is 6.33 Å². The number of hydrogen-bond acceptors (Lipinski definition) is 5. The number of nitrogens with zero attached hydrogens (tertiary/aromatic N) is 1. The third-order valence-corrected chi connectivity index (χ3v) is 9.72. The highest BCUT2D eigenvalue weighted by atomic mass is 16.4. The van der Waals surface area contributed by atoms with Crippen LogP contribution >= 0.6 is 0 Å². The number of nitrogens with one attached hydrogen (secondary N) is 2. The van der Waals surface area contributed by atoms with E-state index in [-0.39, 0.29) is 17.4 Å². The fraction of sp³-hybridized carbons (Fsp3) is 0.679. The van der Waals surface area contributed by atoms with E-state index in [2.05, 4.69) is 46.5 Å². The molecule has 0 amide bonds. The minimum atomic E-state index is -1.07. The van der Waals surface area contributed by atoms with Gasteiger partial charge >= 0.3 is 0 Å². The molecule has 6 heteroatoms. The lowest BCUT2D eigenvalue weighted by atomic mass is 9.52. The molecule has 0 saturated heterocycles. The Kier molecular flexibility index (Phi) is 6.16. The fourth-order valence-electron chi connectivity index (χ4n) is 7.96. The zero-order chi connectivity index (χ0) is 24.1. The third-order valence-electron chi connectivity index (χ3n) is 9.72. The number of benzene rings is 1. The predicted molar refractivity (Wildman–Crippen MR) is 135 cm³/mol. The maximum absolute atomic E-state index is 12.2. The molecule has 7 atom stereocenters. The summed E-state index contributed by atoms with van der Waals surface area (Å²) in [5.74, 6) is 0.866. The molecule has 6 nitrogen and oxygen atoms in total. The molecule has 34 heavy (non-hydrogen) atoms. The number of H-pyrrole nitrogens is 1. The first-order valence-electron chi connectivity index (χ1n) is 13.1. The van der Waals surface area contributed by atoms with Gasteiger partial charge in [0.2, 0.25) is 0 Å². The molecule has 0 spiro atoms. The van der Waals surface area contributed by atoms with Crippen LogP contribution in [0, 0.1) is 23.2 Å². The van der Waals surface area contributed by atoms with E-state index in [0.29, 0.717) is 31.1 Å². The molecule has 1 heterocycles. The quantitative estimate of drug-likeness (QED) is 0.436. The molecule has 4 aliphatic carbocycles. The predicted octanol–water partition coefficient (Wildman–Crippen LogP) is 4.03. The van der Waals surface area contributed by atoms with Gasteiger partial charge in [0.15, 0.2) is 0 Å². The van der Waals surface area contributed by atoms with Gasteiger partial charge in [-0.05, 0) is 112 Å². The van der Waals surface area contributed by atoms with E-state index in [0.717, 1.165) is 49.6 Å². The Morgan fingerprint density at radius 1 is 1.06 bits per heavy atom. The number of aliphatic hydroxyl groups is 3. The Labute approximate surface area is 202 Å². The summed E-state index contributed by atoms with van der Waals surface area (Å²) < 4.78 is 0. The van der Waals surface area contributed by atoms with E-state index in [9.17, 15) is 15.3 Å². The third kappa shape index (κ3) is 3.65. The average Bonchev–Trinajstić information content (AvgIpc) is 3.38. The van der Waals surface area contributed by atoms with Crippen LogP contribution in [0.1, 0.15) is 70.3 Å². The van der Waals surface area contributed by atoms with Gasteiger partial charge in [0.25, 0.3) is 0 Å². The average molecular weight is 468 g/mol. The molecule has 5 N–H and O–H groups in total. The second-order valence-electron chi connectivity index (χ2n) is 11.6. The number of fused-ring (bicyclic) bond motifs is 5. The molecule has 2 aromatic rings. The van der Waals surface area contributed by atoms with Crippen LogP contribution in [0.25, 0.3) is 16.6 Å². The zero-order valence-corrected chi connectivity index (χ0v) is 20.8. The summed E-state index contributed by atoms with van der Waals surface area (Å²) in [6.07, 6.45) is 11.0. The van der Waals surface area contributed by atoms with E-state index < -0.39 is 11.2 Å². The maximum atomic E-state index is 12.2. The maximum Gasteiger partial charge on any atom is 0.0972 e. The highest BCUT2D eigenvalue weighted by Crippen LogP contribution is 2.65. The standard InChI is InChI=1S/C26H34N2O3.C2H7N/c1-24-10-11-25(30)14-18-12-19(29)4-2-16(18)8-9-26(25,31)23(24)7-5-20(24)17-3-6-21-22(13-17)28-15-27-21;1-3-2/h3,5-6,13,15-16,18-19,23,29-31H,2,4,7-12,14H2,1H3,(H,27,28);3H,1-2H3/t16?,18?,19?,23?,24?,25?,26-;/m0./s1. The van der Waals surface area contributed by atoms with Crippen molar-refractivity contribution in [2.24, 2.45) is 23.2 Å². The number of aliphatic hydroxyl groups excluding tert-OH is 1. The molecular weight excluding hydrogens is 426 g/mol. The van der Waals surface area contributed by atoms with Crippen LogP contribution in [-0.4, -0.2) is 56.7 Å². The molecule has 6 unspecified atom stereocenters. The lowest BCUT2D eigenvalue weighted by Crippen LogP contribution is -2.64. The van der Waals surface area contributed by atoms with Gasteiger partial charge in [-0.15, -0.1) is 0 Å². The summed E-state index contributed by atoms with van der Waals surface area (Å²) in [7, 11) is 3.75. The Hall–Kier alpha value is -1.73. The second kappa shape index (κ2) is 8.74. The molecular formula is C28H41N3O3. The number of allylic oxidation sites excluding steroid dienone is 2. The van der Waals surface area contributed by atoms with E-state index in [4.69, 9.17) is 0 Å². The highest BCUT2D eigenvalue weighted by molar-refractivity contribution is 5.82. The van der Waals surface area contributed by atoms with Crippen molar-refractivity contribution in [3.63, 3.8) is 0 Å². The molecule has 6 rings (SSSR count). The van der Waals surface area contributed by atoms with Crippen LogP contribution in [-0.2, 0) is 0 Å². The minimum absolute atomic E-state index is 0.0243. The molecule has 3 saturated carbocycles. The van der Waals surface area contributed by atoms with Crippen LogP contribution in [0.4, 0.5) is 0 Å². The lowest BCUT2D eigenvalue weighted by Gasteiger charge is -2.57. The van der Waals surface area contributed by atoms with Crippen molar-refractivity contribution in [1.82, 2.24) is 15.3 Å². The van der Waals surface area contributed by atoms with Crippen LogP contribution in [0.3, 0.4) is 0 Å². The van der Waals surface area contributed by atoms with Crippen LogP contribution in [0.2, 0.25) is 0 Å². The molecule has 0 aliphatic heterocycles. The summed E-state index contributed by atoms with van der Waals surface area (Å²) in [6.45, 7) is 2.30. The van der Waals surface area contributed by atoms with E-state index in [1.807, 2.05) is 14.1 Å². The monoisotopic (exact) mass is 467 g/mol. The van der Waals surface area contributed by atoms with Crippen molar-refractivity contribution >= 4 is 16.6 Å². The molecule has 1 aromatic carbocycles. The van der Waals surface area contributed by atoms with Gasteiger partial charge in [-0.25, -0.2) is 4.98 Å². The van der Waals surface area contributed by atoms with Crippen molar-refractivity contribution in [3.8, 4) is 0 Å². The highest BCUT2D eigenvalue weighted by Gasteiger charge is 2.65. The Morgan fingerprint density at radius 3 is 2.65 bits per heavy atom. The fourth-order valence-corrected chi connectivity index (χ4v) is 7.96. The van der Waals surface area contributed by atoms with Crippen LogP contribution in [0.15, 0.2) is 30.6 Å². The number of aromatic nitrogens is 2. The Morgan fingerprint density at radius 2 is 1.85 bits per heavy atom. The lowest BCUT2D eigenvalue weighted by molar-refractivity contribution is -0.228. The second-order valence-corrected chi connectivity index (χ2v) is 11.6. The van der Waals surface area contributed by atoms with Gasteiger partial charge in [-0.3, -0.25) is 0 Å². The van der Waals surface area contributed by atoms with Gasteiger partial charge in [0.1, 0.15) is 0 Å². The van der Waals surface area contributed by atoms with Crippen LogP contribution < -0.4 is 5.32 Å². The summed E-state index contributed by atoms with van der Waals surface area (Å²) in [5, 5.41) is 37.1. The SMILES string of the molecule is CC12CCC3(O)CC4CC(O)CCC4CC[C@]3(O)C1CC=C2c1ccc2nc[nH]c2c1.CNC. The summed E-state index contributed by atoms with van der Waals surface area (Å²) >= 11 is 0. The Balaban J connectivity index is 0.000000764. The summed E-state index contributed by atoms with van der Waals surface area (Å²) in [4.78, 5) is 7.56. The van der Waals surface area contributed by atoms with Gasteiger partial charge in [0.05, 0.1) is 34.7 Å². The molecule has 0 bridgehead atoms. The molecule has 0 radical (unpaired) electrons.